The van der Waals surface area contributed by atoms with Crippen LogP contribution in [0.2, 0.25) is 0 Å². The van der Waals surface area contributed by atoms with Crippen LogP contribution in [0.4, 0.5) is 0 Å². The highest BCUT2D eigenvalue weighted by Crippen LogP contribution is 2.43. The molecule has 0 radical (unpaired) electrons. The first kappa shape index (κ1) is 20.2. The fourth-order valence-electron chi connectivity index (χ4n) is 5.67. The highest BCUT2D eigenvalue weighted by molar-refractivity contribution is 5.92. The summed E-state index contributed by atoms with van der Waals surface area (Å²) in [5.74, 6) is 1.96. The van der Waals surface area contributed by atoms with Crippen molar-refractivity contribution in [2.45, 2.75) is 64.5 Å². The van der Waals surface area contributed by atoms with Gasteiger partial charge in [-0.2, -0.15) is 0 Å². The number of benzene rings is 1. The second kappa shape index (κ2) is 8.73. The van der Waals surface area contributed by atoms with Gasteiger partial charge in [-0.1, -0.05) is 44.2 Å². The maximum absolute atomic E-state index is 13.0. The fraction of sp³-hybridized carbons (Fsp3) is 0.600. The Bertz CT molecular complexity index is 757. The van der Waals surface area contributed by atoms with Crippen LogP contribution in [-0.4, -0.2) is 46.8 Å². The van der Waals surface area contributed by atoms with Gasteiger partial charge in [0.15, 0.2) is 0 Å². The summed E-state index contributed by atoms with van der Waals surface area (Å²) in [5.41, 5.74) is 1.05. The van der Waals surface area contributed by atoms with Crippen LogP contribution >= 0.6 is 0 Å². The number of nitrogens with zero attached hydrogens (tertiary/aromatic N) is 2. The number of hydrogen-bond acceptors (Lipinski definition) is 2. The van der Waals surface area contributed by atoms with E-state index in [1.165, 1.54) is 6.42 Å². The predicted molar refractivity (Wildman–Crippen MR) is 116 cm³/mol. The molecule has 2 bridgehead atoms. The molecule has 4 rings (SSSR count). The van der Waals surface area contributed by atoms with E-state index in [0.29, 0.717) is 42.2 Å². The largest absolute Gasteiger partial charge is 0.338 e. The molecule has 1 aromatic rings. The minimum Gasteiger partial charge on any atom is -0.338 e. The molecule has 0 aliphatic carbocycles. The van der Waals surface area contributed by atoms with E-state index < -0.39 is 0 Å². The molecule has 4 atom stereocenters. The third-order valence-corrected chi connectivity index (χ3v) is 7.07. The smallest absolute Gasteiger partial charge is 0.246 e. The van der Waals surface area contributed by atoms with Gasteiger partial charge < -0.3 is 9.80 Å². The van der Waals surface area contributed by atoms with E-state index >= 15 is 0 Å². The van der Waals surface area contributed by atoms with Crippen LogP contribution in [0.15, 0.2) is 36.4 Å². The van der Waals surface area contributed by atoms with Crippen molar-refractivity contribution in [1.82, 2.24) is 9.80 Å². The molecule has 0 N–H and O–H groups in total. The zero-order valence-electron chi connectivity index (χ0n) is 17.8. The van der Waals surface area contributed by atoms with Crippen molar-refractivity contribution >= 4 is 17.9 Å². The van der Waals surface area contributed by atoms with Crippen LogP contribution in [0.5, 0.6) is 0 Å². The van der Waals surface area contributed by atoms with Crippen LogP contribution in [0.1, 0.15) is 57.9 Å². The predicted octanol–water partition coefficient (Wildman–Crippen LogP) is 4.36. The molecule has 0 unspecified atom stereocenters. The van der Waals surface area contributed by atoms with E-state index in [-0.39, 0.29) is 5.91 Å². The van der Waals surface area contributed by atoms with E-state index in [2.05, 4.69) is 23.6 Å². The third-order valence-electron chi connectivity index (χ3n) is 7.07. The first-order valence-corrected chi connectivity index (χ1v) is 11.4. The molecule has 3 heterocycles. The summed E-state index contributed by atoms with van der Waals surface area (Å²) in [4.78, 5) is 30.1. The first-order chi connectivity index (χ1) is 14.0. The molecule has 4 nitrogen and oxygen atoms in total. The molecular weight excluding hydrogens is 360 g/mol. The van der Waals surface area contributed by atoms with Crippen molar-refractivity contribution in [1.29, 1.82) is 0 Å². The highest BCUT2D eigenvalue weighted by atomic mass is 16.2. The van der Waals surface area contributed by atoms with Gasteiger partial charge in [-0.05, 0) is 61.5 Å². The number of piperidine rings is 3. The molecule has 156 valence electrons. The lowest BCUT2D eigenvalue weighted by Crippen LogP contribution is -2.65. The van der Waals surface area contributed by atoms with Gasteiger partial charge in [0, 0.05) is 37.7 Å². The van der Waals surface area contributed by atoms with E-state index in [4.69, 9.17) is 0 Å². The molecule has 3 aliphatic rings. The lowest BCUT2D eigenvalue weighted by molar-refractivity contribution is -0.155. The van der Waals surface area contributed by atoms with Gasteiger partial charge in [-0.15, -0.1) is 0 Å². The average molecular weight is 395 g/mol. The van der Waals surface area contributed by atoms with Crippen LogP contribution in [0.25, 0.3) is 6.08 Å². The Morgan fingerprint density at radius 2 is 1.93 bits per heavy atom. The number of amides is 2. The molecule has 0 aromatic heterocycles. The summed E-state index contributed by atoms with van der Waals surface area (Å²) >= 11 is 0. The van der Waals surface area contributed by atoms with Crippen molar-refractivity contribution in [3.63, 3.8) is 0 Å². The molecular formula is C25H34N2O2. The Kier molecular flexibility index (Phi) is 6.07. The summed E-state index contributed by atoms with van der Waals surface area (Å²) < 4.78 is 0. The van der Waals surface area contributed by atoms with Gasteiger partial charge in [0.05, 0.1) is 0 Å². The molecule has 29 heavy (non-hydrogen) atoms. The number of carbonyl (C=O) groups is 2. The molecule has 3 saturated heterocycles. The van der Waals surface area contributed by atoms with Gasteiger partial charge in [0.25, 0.3) is 0 Å². The van der Waals surface area contributed by atoms with Crippen molar-refractivity contribution in [3.8, 4) is 0 Å². The van der Waals surface area contributed by atoms with Crippen LogP contribution < -0.4 is 0 Å². The maximum atomic E-state index is 13.0. The summed E-state index contributed by atoms with van der Waals surface area (Å²) in [7, 11) is 0. The van der Waals surface area contributed by atoms with Crippen LogP contribution in [0.3, 0.4) is 0 Å². The van der Waals surface area contributed by atoms with Crippen molar-refractivity contribution in [3.05, 3.63) is 42.0 Å². The zero-order valence-corrected chi connectivity index (χ0v) is 17.8. The normalized spacial score (nSPS) is 29.4. The third kappa shape index (κ3) is 4.41. The SMILES string of the molecule is CC(C)CC[C@H]1[C@H]2C[C@H](CN(C(=O)/C=C/c3ccccc3)C2)[C@@H]2CCCC(=O)N21. The second-order valence-electron chi connectivity index (χ2n) is 9.54. The number of hydrogen-bond donors (Lipinski definition) is 0. The Balaban J connectivity index is 1.51. The molecule has 1 aromatic carbocycles. The summed E-state index contributed by atoms with van der Waals surface area (Å²) in [6, 6.07) is 10.6. The Morgan fingerprint density at radius 1 is 1.17 bits per heavy atom. The number of carbonyl (C=O) groups excluding carboxylic acids is 2. The van der Waals surface area contributed by atoms with E-state index in [1.54, 1.807) is 6.08 Å². The van der Waals surface area contributed by atoms with Gasteiger partial charge in [0.2, 0.25) is 11.8 Å². The first-order valence-electron chi connectivity index (χ1n) is 11.4. The average Bonchev–Trinajstić information content (AvgIpc) is 2.73. The number of likely N-dealkylation sites (tertiary alicyclic amines) is 1. The Hall–Kier alpha value is -2.10. The monoisotopic (exact) mass is 394 g/mol. The minimum atomic E-state index is 0.113. The number of rotatable bonds is 5. The van der Waals surface area contributed by atoms with Crippen molar-refractivity contribution in [2.24, 2.45) is 17.8 Å². The van der Waals surface area contributed by atoms with Gasteiger partial charge in [0.1, 0.15) is 0 Å². The minimum absolute atomic E-state index is 0.113. The topological polar surface area (TPSA) is 40.6 Å². The molecule has 4 heteroatoms. The second-order valence-corrected chi connectivity index (χ2v) is 9.54. The van der Waals surface area contributed by atoms with Crippen molar-refractivity contribution < 1.29 is 9.59 Å². The summed E-state index contributed by atoms with van der Waals surface area (Å²) in [5, 5.41) is 0. The zero-order chi connectivity index (χ0) is 20.4. The maximum Gasteiger partial charge on any atom is 0.246 e. The van der Waals surface area contributed by atoms with E-state index in [0.717, 1.165) is 44.3 Å². The van der Waals surface area contributed by atoms with Gasteiger partial charge >= 0.3 is 0 Å². The van der Waals surface area contributed by atoms with E-state index in [1.807, 2.05) is 36.4 Å². The van der Waals surface area contributed by atoms with Gasteiger partial charge in [-0.3, -0.25) is 9.59 Å². The van der Waals surface area contributed by atoms with Crippen molar-refractivity contribution in [2.75, 3.05) is 13.1 Å². The standard InChI is InChI=1S/C25H34N2O2/c1-18(2)11-13-23-21-15-20(22-9-6-10-25(29)27(22)23)16-26(17-21)24(28)14-12-19-7-4-3-5-8-19/h3-5,7-8,12,14,18,20-23H,6,9-11,13,15-17H2,1-2H3/b14-12+/t20-,21+,22+,23+/m1/s1. The van der Waals surface area contributed by atoms with Gasteiger partial charge in [-0.25, -0.2) is 0 Å². The Morgan fingerprint density at radius 3 is 2.69 bits per heavy atom. The molecule has 0 spiro atoms. The van der Waals surface area contributed by atoms with E-state index in [9.17, 15) is 9.59 Å². The number of fused-ring (bicyclic) bond motifs is 4. The van der Waals surface area contributed by atoms with Crippen LogP contribution in [-0.2, 0) is 9.59 Å². The fourth-order valence-corrected chi connectivity index (χ4v) is 5.67. The molecule has 0 saturated carbocycles. The summed E-state index contributed by atoms with van der Waals surface area (Å²) in [6.45, 7) is 6.09. The summed E-state index contributed by atoms with van der Waals surface area (Å²) in [6.07, 6.45) is 9.83. The lowest BCUT2D eigenvalue weighted by atomic mass is 9.70. The highest BCUT2D eigenvalue weighted by Gasteiger charge is 2.49. The Labute approximate surface area is 175 Å². The molecule has 2 amide bonds. The lowest BCUT2D eigenvalue weighted by Gasteiger charge is -2.56. The quantitative estimate of drug-likeness (QED) is 0.696. The molecule has 3 aliphatic heterocycles. The van der Waals surface area contributed by atoms with Crippen LogP contribution in [0, 0.1) is 17.8 Å². The molecule has 3 fully saturated rings.